The third kappa shape index (κ3) is 4.63. The maximum Gasteiger partial charge on any atom is 0.273 e. The molecule has 0 saturated heterocycles. The van der Waals surface area contributed by atoms with E-state index in [-0.39, 0.29) is 18.0 Å². The number of ether oxygens (including phenoxy) is 2. The molecule has 7 heteroatoms. The van der Waals surface area contributed by atoms with Crippen molar-refractivity contribution in [3.05, 3.63) is 28.3 Å². The van der Waals surface area contributed by atoms with Crippen LogP contribution in [0.5, 0.6) is 11.5 Å². The van der Waals surface area contributed by atoms with Gasteiger partial charge in [-0.15, -0.1) is 0 Å². The van der Waals surface area contributed by atoms with Gasteiger partial charge >= 0.3 is 0 Å². The van der Waals surface area contributed by atoms with Crippen LogP contribution in [0.2, 0.25) is 0 Å². The second-order valence-electron chi connectivity index (χ2n) is 4.17. The highest BCUT2D eigenvalue weighted by atomic mass is 31.0. The molecule has 0 aromatic heterocycles. The largest absolute Gasteiger partial charge is 0.493 e. The molecule has 0 saturated carbocycles. The van der Waals surface area contributed by atoms with Crippen molar-refractivity contribution in [3.63, 3.8) is 0 Å². The molecule has 1 aromatic rings. The summed E-state index contributed by atoms with van der Waals surface area (Å²) in [6.07, 6.45) is 1.00. The van der Waals surface area contributed by atoms with E-state index in [1.165, 1.54) is 25.3 Å². The van der Waals surface area contributed by atoms with Crippen molar-refractivity contribution in [2.75, 3.05) is 13.7 Å². The number of benzene rings is 1. The zero-order valence-electron chi connectivity index (χ0n) is 10.9. The number of hydrogen-bond acceptors (Lipinski definition) is 4. The molecule has 0 radical (unpaired) electrons. The molecule has 5 nitrogen and oxygen atoms in total. The maximum atomic E-state index is 13.9. The Bertz CT molecular complexity index is 453. The van der Waals surface area contributed by atoms with E-state index in [4.69, 9.17) is 9.47 Å². The zero-order chi connectivity index (χ0) is 14.5. The van der Waals surface area contributed by atoms with Crippen LogP contribution < -0.4 is 9.47 Å². The van der Waals surface area contributed by atoms with Gasteiger partial charge in [-0.3, -0.25) is 10.1 Å². The van der Waals surface area contributed by atoms with E-state index in [1.807, 2.05) is 6.92 Å². The average Bonchev–Trinajstić information content (AvgIpc) is 2.36. The predicted molar refractivity (Wildman–Crippen MR) is 73.6 cm³/mol. The minimum Gasteiger partial charge on any atom is -0.493 e. The molecule has 0 aliphatic rings. The van der Waals surface area contributed by atoms with E-state index in [0.717, 1.165) is 0 Å². The van der Waals surface area contributed by atoms with Crippen LogP contribution in [0.25, 0.3) is 0 Å². The van der Waals surface area contributed by atoms with E-state index < -0.39 is 10.3 Å². The molecule has 2 atom stereocenters. The quantitative estimate of drug-likeness (QED) is 0.439. The molecule has 1 aromatic carbocycles. The number of non-ortho nitro benzene ring substituents is 1. The van der Waals surface area contributed by atoms with Crippen molar-refractivity contribution in [2.24, 2.45) is 0 Å². The molecule has 0 aliphatic carbocycles. The first-order chi connectivity index (χ1) is 8.89. The summed E-state index contributed by atoms with van der Waals surface area (Å²) in [7, 11) is 3.52. The van der Waals surface area contributed by atoms with Crippen LogP contribution in [0.4, 0.5) is 10.1 Å². The van der Waals surface area contributed by atoms with E-state index in [0.29, 0.717) is 18.6 Å². The van der Waals surface area contributed by atoms with Gasteiger partial charge in [0.25, 0.3) is 5.69 Å². The Balaban J connectivity index is 2.86. The maximum absolute atomic E-state index is 13.9. The molecule has 1 rings (SSSR count). The van der Waals surface area contributed by atoms with Crippen LogP contribution in [-0.4, -0.2) is 24.0 Å². The molecular weight excluding hydrogens is 272 g/mol. The molecule has 19 heavy (non-hydrogen) atoms. The van der Waals surface area contributed by atoms with Crippen LogP contribution in [-0.2, 0) is 0 Å². The average molecular weight is 289 g/mol. The Morgan fingerprint density at radius 1 is 1.47 bits per heavy atom. The lowest BCUT2D eigenvalue weighted by atomic mass is 10.2. The van der Waals surface area contributed by atoms with Crippen molar-refractivity contribution in [1.29, 1.82) is 0 Å². The van der Waals surface area contributed by atoms with Gasteiger partial charge in [-0.25, -0.2) is 4.39 Å². The summed E-state index contributed by atoms with van der Waals surface area (Å²) in [6, 6.07) is 3.96. The van der Waals surface area contributed by atoms with Gasteiger partial charge in [0, 0.05) is 6.07 Å². The van der Waals surface area contributed by atoms with Crippen molar-refractivity contribution < 1.29 is 18.8 Å². The zero-order valence-corrected chi connectivity index (χ0v) is 12.0. The first kappa shape index (κ1) is 15.6. The predicted octanol–water partition coefficient (Wildman–Crippen LogP) is 3.32. The van der Waals surface area contributed by atoms with Gasteiger partial charge in [0.2, 0.25) is 0 Å². The van der Waals surface area contributed by atoms with Gasteiger partial charge in [0.05, 0.1) is 18.1 Å². The highest BCUT2D eigenvalue weighted by Crippen LogP contribution is 2.34. The molecule has 0 spiro atoms. The molecule has 0 bridgehead atoms. The SMILES string of the molecule is CCCC(F)(P)COc1cc([N+](=O)[O-])ccc1OC. The highest BCUT2D eigenvalue weighted by Gasteiger charge is 2.24. The first-order valence-electron chi connectivity index (χ1n) is 5.82. The summed E-state index contributed by atoms with van der Waals surface area (Å²) >= 11 is 0. The molecule has 0 N–H and O–H groups in total. The summed E-state index contributed by atoms with van der Waals surface area (Å²) in [5, 5.41) is 9.14. The lowest BCUT2D eigenvalue weighted by Gasteiger charge is -2.20. The minimum absolute atomic E-state index is 0.125. The number of hydrogen-bond donors (Lipinski definition) is 0. The molecule has 106 valence electrons. The Kier molecular flexibility index (Phi) is 5.48. The summed E-state index contributed by atoms with van der Waals surface area (Å²) in [4.78, 5) is 10.1. The van der Waals surface area contributed by atoms with Crippen LogP contribution in [0.1, 0.15) is 19.8 Å². The van der Waals surface area contributed by atoms with Gasteiger partial charge in [0.1, 0.15) is 6.61 Å². The van der Waals surface area contributed by atoms with Crippen molar-refractivity contribution >= 4 is 14.9 Å². The number of halogens is 1. The number of rotatable bonds is 7. The summed E-state index contributed by atoms with van der Waals surface area (Å²) in [5.41, 5.74) is -0.125. The lowest BCUT2D eigenvalue weighted by molar-refractivity contribution is -0.385. The second-order valence-corrected chi connectivity index (χ2v) is 5.20. The molecule has 0 fully saturated rings. The molecule has 2 unspecified atom stereocenters. The minimum atomic E-state index is -1.55. The molecular formula is C12H17FNO4P. The smallest absolute Gasteiger partial charge is 0.273 e. The van der Waals surface area contributed by atoms with Crippen LogP contribution in [0, 0.1) is 10.1 Å². The fourth-order valence-corrected chi connectivity index (χ4v) is 1.95. The Hall–Kier alpha value is -1.42. The summed E-state index contributed by atoms with van der Waals surface area (Å²) in [6.45, 7) is 1.66. The van der Waals surface area contributed by atoms with E-state index >= 15 is 0 Å². The first-order valence-corrected chi connectivity index (χ1v) is 6.40. The third-order valence-corrected chi connectivity index (χ3v) is 2.95. The topological polar surface area (TPSA) is 61.6 Å². The van der Waals surface area contributed by atoms with E-state index in [1.54, 1.807) is 0 Å². The van der Waals surface area contributed by atoms with Crippen molar-refractivity contribution in [2.45, 2.75) is 25.2 Å². The fourth-order valence-electron chi connectivity index (χ4n) is 1.58. The van der Waals surface area contributed by atoms with Crippen LogP contribution in [0.15, 0.2) is 18.2 Å². The summed E-state index contributed by atoms with van der Waals surface area (Å²) < 4.78 is 24.3. The number of methoxy groups -OCH3 is 1. The van der Waals surface area contributed by atoms with Gasteiger partial charge in [-0.1, -0.05) is 22.6 Å². The Morgan fingerprint density at radius 3 is 2.68 bits per heavy atom. The highest BCUT2D eigenvalue weighted by molar-refractivity contribution is 7.18. The fraction of sp³-hybridized carbons (Fsp3) is 0.500. The molecule has 0 aliphatic heterocycles. The standard InChI is InChI=1S/C12H17FNO4P/c1-3-6-12(13,19)8-18-11-7-9(14(15)16)4-5-10(11)17-2/h4-5,7H,3,6,8,19H2,1-2H3. The van der Waals surface area contributed by atoms with Gasteiger partial charge < -0.3 is 9.47 Å². The Morgan fingerprint density at radius 2 is 2.16 bits per heavy atom. The van der Waals surface area contributed by atoms with Crippen molar-refractivity contribution in [3.8, 4) is 11.5 Å². The third-order valence-electron chi connectivity index (χ3n) is 2.49. The summed E-state index contributed by atoms with van der Waals surface area (Å²) in [5.74, 6) is 0.500. The van der Waals surface area contributed by atoms with Gasteiger partial charge in [-0.2, -0.15) is 0 Å². The van der Waals surface area contributed by atoms with E-state index in [2.05, 4.69) is 9.24 Å². The monoisotopic (exact) mass is 289 g/mol. The van der Waals surface area contributed by atoms with E-state index in [9.17, 15) is 14.5 Å². The van der Waals surface area contributed by atoms with Crippen LogP contribution in [0.3, 0.4) is 0 Å². The molecule has 0 amide bonds. The van der Waals surface area contributed by atoms with Crippen molar-refractivity contribution in [1.82, 2.24) is 0 Å². The number of nitro benzene ring substituents is 1. The number of alkyl halides is 1. The normalized spacial score (nSPS) is 13.7. The Labute approximate surface area is 113 Å². The van der Waals surface area contributed by atoms with Gasteiger partial charge in [-0.05, 0) is 12.5 Å². The van der Waals surface area contributed by atoms with Gasteiger partial charge in [0.15, 0.2) is 16.9 Å². The van der Waals surface area contributed by atoms with Crippen LogP contribution >= 0.6 is 9.24 Å². The second kappa shape index (κ2) is 6.66. The number of nitro groups is 1. The number of nitrogens with zero attached hydrogens (tertiary/aromatic N) is 1. The lowest BCUT2D eigenvalue weighted by Crippen LogP contribution is -2.23. The molecule has 0 heterocycles.